The van der Waals surface area contributed by atoms with E-state index in [9.17, 15) is 0 Å². The monoisotopic (exact) mass is 282 g/mol. The normalized spacial score (nSPS) is 12.7. The second-order valence-corrected chi connectivity index (χ2v) is 6.53. The fraction of sp³-hybridized carbons (Fsp3) is 0.750. The van der Waals surface area contributed by atoms with Gasteiger partial charge in [0.1, 0.15) is 18.1 Å². The van der Waals surface area contributed by atoms with Gasteiger partial charge in [0.2, 0.25) is 0 Å². The molecule has 1 rings (SSSR count). The Morgan fingerprint density at radius 3 is 2.55 bits per heavy atom. The van der Waals surface area contributed by atoms with Crippen LogP contribution < -0.4 is 5.32 Å². The first-order valence-corrected chi connectivity index (χ1v) is 7.29. The highest BCUT2D eigenvalue weighted by Gasteiger charge is 2.20. The predicted molar refractivity (Wildman–Crippen MR) is 82.8 cm³/mol. The Kier molecular flexibility index (Phi) is 6.24. The third-order valence-electron chi connectivity index (χ3n) is 3.68. The van der Waals surface area contributed by atoms with E-state index in [0.717, 1.165) is 18.1 Å². The summed E-state index contributed by atoms with van der Waals surface area (Å²) >= 11 is 0. The quantitative estimate of drug-likeness (QED) is 0.795. The maximum Gasteiger partial charge on any atom is 0.130 e. The Bertz CT molecular complexity index is 409. The van der Waals surface area contributed by atoms with Gasteiger partial charge in [0, 0.05) is 23.7 Å². The number of hydrogen-bond donors (Lipinski definition) is 1. The average molecular weight is 282 g/mol. The molecule has 0 saturated carbocycles. The lowest BCUT2D eigenvalue weighted by molar-refractivity contribution is 0.0207. The summed E-state index contributed by atoms with van der Waals surface area (Å²) in [4.78, 5) is 2.17. The number of ether oxygens (including phenoxy) is 1. The molecule has 0 aliphatic heterocycles. The average Bonchev–Trinajstić information content (AvgIpc) is 2.66. The summed E-state index contributed by atoms with van der Waals surface area (Å²) in [5, 5.41) is 3.40. The zero-order chi connectivity index (χ0) is 15.3. The van der Waals surface area contributed by atoms with Crippen LogP contribution in [-0.2, 0) is 17.9 Å². The standard InChI is InChI=1S/C16H30N2O2/c1-12(2)17-9-14-8-15(20-13(14)3)10-19-11-16(4,5)18(6)7/h8,12,17H,9-11H2,1-7H3. The number of furan rings is 1. The lowest BCUT2D eigenvalue weighted by atomic mass is 10.1. The van der Waals surface area contributed by atoms with Crippen LogP contribution in [0, 0.1) is 6.92 Å². The molecule has 0 aromatic carbocycles. The van der Waals surface area contributed by atoms with E-state index >= 15 is 0 Å². The van der Waals surface area contributed by atoms with Crippen LogP contribution in [0.4, 0.5) is 0 Å². The smallest absolute Gasteiger partial charge is 0.130 e. The fourth-order valence-electron chi connectivity index (χ4n) is 1.68. The highest BCUT2D eigenvalue weighted by molar-refractivity contribution is 5.20. The SMILES string of the molecule is Cc1oc(COCC(C)(C)N(C)C)cc1CNC(C)C. The van der Waals surface area contributed by atoms with Crippen molar-refractivity contribution in [3.8, 4) is 0 Å². The number of likely N-dealkylation sites (N-methyl/N-ethyl adjacent to an activating group) is 1. The van der Waals surface area contributed by atoms with Crippen LogP contribution in [0.15, 0.2) is 10.5 Å². The summed E-state index contributed by atoms with van der Waals surface area (Å²) in [5.74, 6) is 1.88. The van der Waals surface area contributed by atoms with Crippen LogP contribution >= 0.6 is 0 Å². The molecule has 0 aliphatic rings. The summed E-state index contributed by atoms with van der Waals surface area (Å²) in [5.41, 5.74) is 1.24. The summed E-state index contributed by atoms with van der Waals surface area (Å²) in [6.07, 6.45) is 0. The van der Waals surface area contributed by atoms with Gasteiger partial charge < -0.3 is 19.4 Å². The van der Waals surface area contributed by atoms with Gasteiger partial charge in [-0.25, -0.2) is 0 Å². The molecule has 0 bridgehead atoms. The van der Waals surface area contributed by atoms with Crippen LogP contribution in [0.25, 0.3) is 0 Å². The van der Waals surface area contributed by atoms with Crippen molar-refractivity contribution in [1.82, 2.24) is 10.2 Å². The zero-order valence-electron chi connectivity index (χ0n) is 14.0. The minimum atomic E-state index is 0.0314. The first-order valence-electron chi connectivity index (χ1n) is 7.29. The van der Waals surface area contributed by atoms with E-state index in [1.54, 1.807) is 0 Å². The van der Waals surface area contributed by atoms with Crippen molar-refractivity contribution >= 4 is 0 Å². The molecule has 0 atom stereocenters. The van der Waals surface area contributed by atoms with Crippen molar-refractivity contribution < 1.29 is 9.15 Å². The largest absolute Gasteiger partial charge is 0.464 e. The van der Waals surface area contributed by atoms with Gasteiger partial charge in [-0.3, -0.25) is 0 Å². The molecule has 4 nitrogen and oxygen atoms in total. The van der Waals surface area contributed by atoms with Gasteiger partial charge in [-0.15, -0.1) is 0 Å². The molecule has 1 N–H and O–H groups in total. The number of aryl methyl sites for hydroxylation is 1. The van der Waals surface area contributed by atoms with Gasteiger partial charge in [-0.1, -0.05) is 13.8 Å². The van der Waals surface area contributed by atoms with Crippen molar-refractivity contribution in [2.45, 2.75) is 59.4 Å². The summed E-state index contributed by atoms with van der Waals surface area (Å²) in [7, 11) is 4.13. The van der Waals surface area contributed by atoms with Gasteiger partial charge in [0.15, 0.2) is 0 Å². The highest BCUT2D eigenvalue weighted by Crippen LogP contribution is 2.17. The topological polar surface area (TPSA) is 37.6 Å². The van der Waals surface area contributed by atoms with E-state index in [4.69, 9.17) is 9.15 Å². The van der Waals surface area contributed by atoms with Crippen LogP contribution in [0.5, 0.6) is 0 Å². The number of nitrogens with one attached hydrogen (secondary N) is 1. The number of nitrogens with zero attached hydrogens (tertiary/aromatic N) is 1. The van der Waals surface area contributed by atoms with E-state index < -0.39 is 0 Å². The zero-order valence-corrected chi connectivity index (χ0v) is 14.0. The molecular weight excluding hydrogens is 252 g/mol. The lowest BCUT2D eigenvalue weighted by Crippen LogP contribution is -2.42. The van der Waals surface area contributed by atoms with Crippen LogP contribution in [-0.4, -0.2) is 37.2 Å². The van der Waals surface area contributed by atoms with Gasteiger partial charge in [-0.2, -0.15) is 0 Å². The fourth-order valence-corrected chi connectivity index (χ4v) is 1.68. The molecule has 4 heteroatoms. The van der Waals surface area contributed by atoms with Crippen LogP contribution in [0.3, 0.4) is 0 Å². The molecular formula is C16H30N2O2. The third-order valence-corrected chi connectivity index (χ3v) is 3.68. The van der Waals surface area contributed by atoms with E-state index in [1.165, 1.54) is 5.56 Å². The summed E-state index contributed by atoms with van der Waals surface area (Å²) in [6, 6.07) is 2.57. The first kappa shape index (κ1) is 17.2. The second kappa shape index (κ2) is 7.25. The second-order valence-electron chi connectivity index (χ2n) is 6.53. The third kappa shape index (κ3) is 5.27. The molecule has 0 aliphatic carbocycles. The molecule has 0 saturated heterocycles. The Morgan fingerprint density at radius 2 is 2.00 bits per heavy atom. The van der Waals surface area contributed by atoms with E-state index in [2.05, 4.69) is 58.1 Å². The Balaban J connectivity index is 2.47. The van der Waals surface area contributed by atoms with Gasteiger partial charge in [0.05, 0.1) is 6.61 Å². The van der Waals surface area contributed by atoms with Crippen molar-refractivity contribution in [2.24, 2.45) is 0 Å². The summed E-state index contributed by atoms with van der Waals surface area (Å²) < 4.78 is 11.5. The molecule has 1 aromatic rings. The lowest BCUT2D eigenvalue weighted by Gasteiger charge is -2.31. The molecule has 0 unspecified atom stereocenters. The Labute approximate surface area is 123 Å². The van der Waals surface area contributed by atoms with E-state index in [-0.39, 0.29) is 5.54 Å². The molecule has 1 heterocycles. The first-order chi connectivity index (χ1) is 9.22. The number of hydrogen-bond acceptors (Lipinski definition) is 4. The predicted octanol–water partition coefficient (Wildman–Crippen LogP) is 2.94. The maximum absolute atomic E-state index is 5.78. The van der Waals surface area contributed by atoms with Crippen molar-refractivity contribution in [2.75, 3.05) is 20.7 Å². The van der Waals surface area contributed by atoms with Crippen molar-refractivity contribution in [1.29, 1.82) is 0 Å². The molecule has 0 radical (unpaired) electrons. The molecule has 20 heavy (non-hydrogen) atoms. The molecule has 0 amide bonds. The Hall–Kier alpha value is -0.840. The van der Waals surface area contributed by atoms with Crippen molar-refractivity contribution in [3.05, 3.63) is 23.2 Å². The molecule has 0 fully saturated rings. The molecule has 1 aromatic heterocycles. The van der Waals surface area contributed by atoms with Crippen LogP contribution in [0.2, 0.25) is 0 Å². The summed E-state index contributed by atoms with van der Waals surface area (Å²) in [6.45, 7) is 12.7. The van der Waals surface area contributed by atoms with E-state index in [1.807, 2.05) is 6.92 Å². The Morgan fingerprint density at radius 1 is 1.35 bits per heavy atom. The number of rotatable bonds is 8. The highest BCUT2D eigenvalue weighted by atomic mass is 16.5. The van der Waals surface area contributed by atoms with Crippen molar-refractivity contribution in [3.63, 3.8) is 0 Å². The van der Waals surface area contributed by atoms with Gasteiger partial charge in [0.25, 0.3) is 0 Å². The van der Waals surface area contributed by atoms with Gasteiger partial charge >= 0.3 is 0 Å². The maximum atomic E-state index is 5.78. The minimum Gasteiger partial charge on any atom is -0.464 e. The minimum absolute atomic E-state index is 0.0314. The van der Waals surface area contributed by atoms with Gasteiger partial charge in [-0.05, 0) is 40.9 Å². The van der Waals surface area contributed by atoms with E-state index in [0.29, 0.717) is 19.3 Å². The molecule has 116 valence electrons. The van der Waals surface area contributed by atoms with Crippen LogP contribution in [0.1, 0.15) is 44.8 Å². The molecule has 0 spiro atoms.